The van der Waals surface area contributed by atoms with Crippen LogP contribution in [-0.4, -0.2) is 20.3 Å². The zero-order valence-corrected chi connectivity index (χ0v) is 19.8. The number of carbonyl (C=O) groups is 1. The van der Waals surface area contributed by atoms with Crippen molar-refractivity contribution in [1.29, 1.82) is 0 Å². The van der Waals surface area contributed by atoms with E-state index < -0.39 is 0 Å². The van der Waals surface area contributed by atoms with Crippen LogP contribution in [0.5, 0.6) is 0 Å². The first-order valence-corrected chi connectivity index (χ1v) is 11.5. The van der Waals surface area contributed by atoms with Crippen LogP contribution in [0.2, 0.25) is 5.02 Å². The molecular formula is C26H27ClN4O2. The summed E-state index contributed by atoms with van der Waals surface area (Å²) in [4.78, 5) is 25.9. The Kier molecular flexibility index (Phi) is 6.65. The van der Waals surface area contributed by atoms with Gasteiger partial charge in [-0.1, -0.05) is 41.9 Å². The number of aromatic nitrogens is 3. The molecule has 0 spiro atoms. The molecule has 0 atom stereocenters. The molecule has 1 N–H and O–H groups in total. The number of pyridine rings is 1. The number of para-hydroxylation sites is 1. The summed E-state index contributed by atoms with van der Waals surface area (Å²) in [6.45, 7) is 6.81. The summed E-state index contributed by atoms with van der Waals surface area (Å²) in [6, 6.07) is 17.2. The van der Waals surface area contributed by atoms with Crippen LogP contribution in [0, 0.1) is 13.8 Å². The maximum Gasteiger partial charge on any atom is 0.255 e. The van der Waals surface area contributed by atoms with Crippen LogP contribution in [0.4, 0.5) is 0 Å². The number of hydrogen-bond donors (Lipinski definition) is 1. The van der Waals surface area contributed by atoms with E-state index in [9.17, 15) is 9.59 Å². The van der Waals surface area contributed by atoms with E-state index in [-0.39, 0.29) is 17.9 Å². The molecule has 0 aliphatic heterocycles. The van der Waals surface area contributed by atoms with Gasteiger partial charge in [0.25, 0.3) is 5.56 Å². The zero-order valence-electron chi connectivity index (χ0n) is 19.1. The van der Waals surface area contributed by atoms with Crippen molar-refractivity contribution in [3.8, 4) is 5.69 Å². The van der Waals surface area contributed by atoms with Crippen molar-refractivity contribution in [2.24, 2.45) is 0 Å². The molecule has 4 rings (SSSR count). The van der Waals surface area contributed by atoms with Gasteiger partial charge in [0, 0.05) is 35.5 Å². The highest BCUT2D eigenvalue weighted by molar-refractivity contribution is 6.30. The molecule has 0 saturated heterocycles. The lowest BCUT2D eigenvalue weighted by Crippen LogP contribution is -2.28. The van der Waals surface area contributed by atoms with Crippen LogP contribution in [-0.2, 0) is 24.3 Å². The summed E-state index contributed by atoms with van der Waals surface area (Å²) >= 11 is 5.91. The number of benzene rings is 2. The van der Waals surface area contributed by atoms with Gasteiger partial charge >= 0.3 is 0 Å². The first-order chi connectivity index (χ1) is 15.9. The fourth-order valence-corrected chi connectivity index (χ4v) is 4.37. The van der Waals surface area contributed by atoms with Crippen molar-refractivity contribution < 1.29 is 4.79 Å². The second-order valence-corrected chi connectivity index (χ2v) is 8.52. The molecule has 6 nitrogen and oxygen atoms in total. The minimum Gasteiger partial charge on any atom is -0.352 e. The largest absolute Gasteiger partial charge is 0.352 e. The third-order valence-corrected chi connectivity index (χ3v) is 6.20. The Morgan fingerprint density at radius 1 is 1.06 bits per heavy atom. The number of nitrogens with zero attached hydrogens (tertiary/aromatic N) is 3. The van der Waals surface area contributed by atoms with Gasteiger partial charge in [-0.15, -0.1) is 0 Å². The average Bonchev–Trinajstić information content (AvgIpc) is 3.16. The highest BCUT2D eigenvalue weighted by atomic mass is 35.5. The highest BCUT2D eigenvalue weighted by Crippen LogP contribution is 2.26. The van der Waals surface area contributed by atoms with Gasteiger partial charge in [-0.2, -0.15) is 5.10 Å². The summed E-state index contributed by atoms with van der Waals surface area (Å²) in [5.41, 5.74) is 5.03. The van der Waals surface area contributed by atoms with Crippen molar-refractivity contribution in [3.05, 3.63) is 92.4 Å². The second kappa shape index (κ2) is 9.63. The summed E-state index contributed by atoms with van der Waals surface area (Å²) in [5, 5.41) is 9.30. The Morgan fingerprint density at radius 2 is 1.76 bits per heavy atom. The second-order valence-electron chi connectivity index (χ2n) is 8.09. The molecule has 0 bridgehead atoms. The van der Waals surface area contributed by atoms with Crippen molar-refractivity contribution in [3.63, 3.8) is 0 Å². The van der Waals surface area contributed by atoms with Crippen LogP contribution in [0.1, 0.15) is 35.7 Å². The summed E-state index contributed by atoms with van der Waals surface area (Å²) in [6.07, 6.45) is 0.619. The quantitative estimate of drug-likeness (QED) is 0.432. The Labute approximate surface area is 197 Å². The number of rotatable bonds is 7. The molecule has 170 valence electrons. The van der Waals surface area contributed by atoms with Gasteiger partial charge in [0.2, 0.25) is 5.91 Å². The van der Waals surface area contributed by atoms with Crippen LogP contribution >= 0.6 is 11.6 Å². The number of carbonyl (C=O) groups excluding carboxylic acids is 1. The standard InChI is InChI=1S/C26H27ClN4O2/c1-4-30-25-24(18(3)29-31(25)21-8-6-5-7-9-21)17(2)22(26(30)33)14-15-23(32)28-16-19-10-12-20(27)13-11-19/h5-13H,4,14-16H2,1-3H3,(H,28,32). The Hall–Kier alpha value is -3.38. The fourth-order valence-electron chi connectivity index (χ4n) is 4.24. The molecule has 1 amide bonds. The van der Waals surface area contributed by atoms with Crippen molar-refractivity contribution in [1.82, 2.24) is 19.7 Å². The van der Waals surface area contributed by atoms with E-state index in [0.29, 0.717) is 30.1 Å². The van der Waals surface area contributed by atoms with Gasteiger partial charge in [0.1, 0.15) is 5.65 Å². The Morgan fingerprint density at radius 3 is 2.42 bits per heavy atom. The number of fused-ring (bicyclic) bond motifs is 1. The van der Waals surface area contributed by atoms with Crippen molar-refractivity contribution in [2.75, 3.05) is 0 Å². The molecule has 0 saturated carbocycles. The van der Waals surface area contributed by atoms with E-state index in [2.05, 4.69) is 5.32 Å². The zero-order chi connectivity index (χ0) is 23.5. The van der Waals surface area contributed by atoms with E-state index in [4.69, 9.17) is 16.7 Å². The molecule has 7 heteroatoms. The van der Waals surface area contributed by atoms with Gasteiger partial charge < -0.3 is 5.32 Å². The SMILES string of the molecule is CCn1c(=O)c(CCC(=O)NCc2ccc(Cl)cc2)c(C)c2c(C)nn(-c3ccccc3)c21. The number of amides is 1. The van der Waals surface area contributed by atoms with E-state index in [0.717, 1.165) is 33.5 Å². The summed E-state index contributed by atoms with van der Waals surface area (Å²) in [7, 11) is 0. The minimum absolute atomic E-state index is 0.0647. The lowest BCUT2D eigenvalue weighted by Gasteiger charge is -2.14. The van der Waals surface area contributed by atoms with Gasteiger partial charge in [-0.05, 0) is 62.6 Å². The van der Waals surface area contributed by atoms with Crippen molar-refractivity contribution >= 4 is 28.5 Å². The monoisotopic (exact) mass is 462 g/mol. The van der Waals surface area contributed by atoms with Gasteiger partial charge in [-0.25, -0.2) is 4.68 Å². The molecule has 2 heterocycles. The summed E-state index contributed by atoms with van der Waals surface area (Å²) < 4.78 is 3.60. The normalized spacial score (nSPS) is 11.2. The Bertz CT molecular complexity index is 1360. The molecule has 33 heavy (non-hydrogen) atoms. The minimum atomic E-state index is -0.0939. The molecule has 0 aliphatic rings. The van der Waals surface area contributed by atoms with Crippen LogP contribution in [0.25, 0.3) is 16.7 Å². The average molecular weight is 463 g/mol. The number of hydrogen-bond acceptors (Lipinski definition) is 3. The highest BCUT2D eigenvalue weighted by Gasteiger charge is 2.21. The molecular weight excluding hydrogens is 436 g/mol. The van der Waals surface area contributed by atoms with E-state index in [1.807, 2.05) is 67.9 Å². The maximum atomic E-state index is 13.4. The van der Waals surface area contributed by atoms with Gasteiger partial charge in [-0.3, -0.25) is 14.2 Å². The van der Waals surface area contributed by atoms with E-state index in [1.54, 1.807) is 16.7 Å². The number of aryl methyl sites for hydroxylation is 3. The Balaban J connectivity index is 1.62. The van der Waals surface area contributed by atoms with Gasteiger partial charge in [0.05, 0.1) is 11.4 Å². The molecule has 0 unspecified atom stereocenters. The maximum absolute atomic E-state index is 13.4. The molecule has 2 aromatic carbocycles. The predicted octanol–water partition coefficient (Wildman–Crippen LogP) is 4.73. The first kappa shape index (κ1) is 22.8. The topological polar surface area (TPSA) is 68.9 Å². The first-order valence-electron chi connectivity index (χ1n) is 11.1. The van der Waals surface area contributed by atoms with Crippen LogP contribution in [0.15, 0.2) is 59.4 Å². The van der Waals surface area contributed by atoms with E-state index >= 15 is 0 Å². The van der Waals surface area contributed by atoms with Crippen molar-refractivity contribution in [2.45, 2.75) is 46.7 Å². The summed E-state index contributed by atoms with van der Waals surface area (Å²) in [5.74, 6) is -0.0939. The molecule has 2 aromatic heterocycles. The fraction of sp³-hybridized carbons (Fsp3) is 0.269. The smallest absolute Gasteiger partial charge is 0.255 e. The van der Waals surface area contributed by atoms with Crippen LogP contribution in [0.3, 0.4) is 0 Å². The molecule has 4 aromatic rings. The molecule has 0 radical (unpaired) electrons. The number of nitrogens with one attached hydrogen (secondary N) is 1. The molecule has 0 aliphatic carbocycles. The lowest BCUT2D eigenvalue weighted by molar-refractivity contribution is -0.121. The predicted molar refractivity (Wildman–Crippen MR) is 132 cm³/mol. The van der Waals surface area contributed by atoms with Gasteiger partial charge in [0.15, 0.2) is 0 Å². The third kappa shape index (κ3) is 4.57. The van der Waals surface area contributed by atoms with E-state index in [1.165, 1.54) is 0 Å². The van der Waals surface area contributed by atoms with Crippen LogP contribution < -0.4 is 10.9 Å². The third-order valence-electron chi connectivity index (χ3n) is 5.94. The lowest BCUT2D eigenvalue weighted by atomic mass is 10.0. The number of halogens is 1. The molecule has 0 fully saturated rings.